The van der Waals surface area contributed by atoms with Crippen molar-refractivity contribution in [1.29, 1.82) is 0 Å². The number of hydrogen-bond donors (Lipinski definition) is 1. The van der Waals surface area contributed by atoms with Crippen LogP contribution in [0.4, 0.5) is 10.5 Å². The number of carbonyl (C=O) groups is 3. The summed E-state index contributed by atoms with van der Waals surface area (Å²) in [6, 6.07) is 3.26. The van der Waals surface area contributed by atoms with Crippen molar-refractivity contribution >= 4 is 46.2 Å². The minimum Gasteiger partial charge on any atom is -0.495 e. The van der Waals surface area contributed by atoms with Gasteiger partial charge in [0.1, 0.15) is 12.3 Å². The van der Waals surface area contributed by atoms with E-state index in [0.29, 0.717) is 28.8 Å². The summed E-state index contributed by atoms with van der Waals surface area (Å²) in [5, 5.41) is 2.97. The van der Waals surface area contributed by atoms with Gasteiger partial charge in [0.15, 0.2) is 6.61 Å². The zero-order valence-electron chi connectivity index (χ0n) is 13.3. The van der Waals surface area contributed by atoms with Crippen LogP contribution in [0.2, 0.25) is 5.02 Å². The largest absolute Gasteiger partial charge is 0.495 e. The lowest BCUT2D eigenvalue weighted by Crippen LogP contribution is -2.32. The number of amides is 2. The van der Waals surface area contributed by atoms with Crippen molar-refractivity contribution in [3.63, 3.8) is 0 Å². The van der Waals surface area contributed by atoms with Crippen molar-refractivity contribution in [3.8, 4) is 5.75 Å². The van der Waals surface area contributed by atoms with Crippen molar-refractivity contribution in [3.05, 3.63) is 22.7 Å². The van der Waals surface area contributed by atoms with Crippen LogP contribution in [0.15, 0.2) is 12.1 Å². The standard InChI is InChI=1S/C15H17ClN2O5S/c1-9-5-11(12(22-2)6-10(9)16)17-13(19)8-23-14(20)7-18-3-4-24-15(18)21/h5-6H,3-4,7-8H2,1-2H3,(H,17,19). The van der Waals surface area contributed by atoms with E-state index in [1.165, 1.54) is 12.0 Å². The molecule has 130 valence electrons. The Morgan fingerprint density at radius 1 is 1.42 bits per heavy atom. The summed E-state index contributed by atoms with van der Waals surface area (Å²) < 4.78 is 10.0. The number of nitrogens with one attached hydrogen (secondary N) is 1. The van der Waals surface area contributed by atoms with E-state index in [0.717, 1.165) is 17.3 Å². The molecule has 0 bridgehead atoms. The van der Waals surface area contributed by atoms with Crippen LogP contribution in [0.25, 0.3) is 0 Å². The molecule has 1 fully saturated rings. The van der Waals surface area contributed by atoms with Crippen LogP contribution >= 0.6 is 23.4 Å². The molecular weight excluding hydrogens is 356 g/mol. The molecule has 0 atom stereocenters. The maximum Gasteiger partial charge on any atom is 0.326 e. The van der Waals surface area contributed by atoms with E-state index >= 15 is 0 Å². The zero-order valence-corrected chi connectivity index (χ0v) is 14.8. The molecule has 1 aliphatic rings. The number of carbonyl (C=O) groups excluding carboxylic acids is 3. The third-order valence-corrected chi connectivity index (χ3v) is 4.58. The summed E-state index contributed by atoms with van der Waals surface area (Å²) in [4.78, 5) is 36.4. The summed E-state index contributed by atoms with van der Waals surface area (Å²) in [6.07, 6.45) is 0. The molecule has 2 amide bonds. The van der Waals surface area contributed by atoms with Gasteiger partial charge in [-0.3, -0.25) is 14.4 Å². The fraction of sp³-hybridized carbons (Fsp3) is 0.400. The Labute approximate surface area is 148 Å². The Bertz CT molecular complexity index is 668. The Kier molecular flexibility index (Phi) is 6.33. The maximum absolute atomic E-state index is 11.9. The van der Waals surface area contributed by atoms with E-state index in [-0.39, 0.29) is 11.8 Å². The lowest BCUT2D eigenvalue weighted by atomic mass is 10.2. The Morgan fingerprint density at radius 2 is 2.17 bits per heavy atom. The molecule has 0 saturated carbocycles. The summed E-state index contributed by atoms with van der Waals surface area (Å²) in [6.45, 7) is 1.70. The first kappa shape index (κ1) is 18.4. The Morgan fingerprint density at radius 3 is 2.79 bits per heavy atom. The highest BCUT2D eigenvalue weighted by Gasteiger charge is 2.24. The monoisotopic (exact) mass is 372 g/mol. The van der Waals surface area contributed by atoms with E-state index in [1.54, 1.807) is 19.1 Å². The van der Waals surface area contributed by atoms with E-state index in [1.807, 2.05) is 0 Å². The minimum absolute atomic E-state index is 0.150. The number of thioether (sulfide) groups is 1. The lowest BCUT2D eigenvalue weighted by Gasteiger charge is -2.14. The first-order chi connectivity index (χ1) is 11.4. The highest BCUT2D eigenvalue weighted by Crippen LogP contribution is 2.30. The van der Waals surface area contributed by atoms with Crippen molar-refractivity contribution < 1.29 is 23.9 Å². The molecule has 1 aromatic carbocycles. The highest BCUT2D eigenvalue weighted by atomic mass is 35.5. The average molecular weight is 373 g/mol. The van der Waals surface area contributed by atoms with Gasteiger partial charge in [-0.25, -0.2) is 0 Å². The molecule has 2 rings (SSSR count). The van der Waals surface area contributed by atoms with Crippen molar-refractivity contribution in [2.45, 2.75) is 6.92 Å². The molecule has 0 spiro atoms. The Balaban J connectivity index is 1.86. The molecule has 24 heavy (non-hydrogen) atoms. The van der Waals surface area contributed by atoms with Crippen LogP contribution in [0.3, 0.4) is 0 Å². The first-order valence-electron chi connectivity index (χ1n) is 7.12. The molecule has 9 heteroatoms. The van der Waals surface area contributed by atoms with Gasteiger partial charge in [-0.15, -0.1) is 0 Å². The molecule has 1 N–H and O–H groups in total. The molecule has 1 saturated heterocycles. The number of esters is 1. The normalized spacial score (nSPS) is 13.8. The molecule has 7 nitrogen and oxygen atoms in total. The smallest absolute Gasteiger partial charge is 0.326 e. The molecule has 1 heterocycles. The average Bonchev–Trinajstić information content (AvgIpc) is 2.93. The molecule has 1 aromatic rings. The van der Waals surface area contributed by atoms with Crippen LogP contribution in [0.5, 0.6) is 5.75 Å². The number of aryl methyl sites for hydroxylation is 1. The van der Waals surface area contributed by atoms with Gasteiger partial charge in [0, 0.05) is 23.4 Å². The predicted octanol–water partition coefficient (Wildman–Crippen LogP) is 2.31. The molecule has 0 aromatic heterocycles. The number of nitrogens with zero attached hydrogens (tertiary/aromatic N) is 1. The summed E-state index contributed by atoms with van der Waals surface area (Å²) in [7, 11) is 1.46. The quantitative estimate of drug-likeness (QED) is 0.771. The molecule has 1 aliphatic heterocycles. The minimum atomic E-state index is -0.625. The van der Waals surface area contributed by atoms with E-state index in [9.17, 15) is 14.4 Å². The van der Waals surface area contributed by atoms with E-state index < -0.39 is 18.5 Å². The van der Waals surface area contributed by atoms with Crippen LogP contribution in [-0.4, -0.2) is 54.6 Å². The van der Waals surface area contributed by atoms with Crippen LogP contribution in [0, 0.1) is 6.92 Å². The molecule has 0 aliphatic carbocycles. The number of benzene rings is 1. The van der Waals surface area contributed by atoms with E-state index in [4.69, 9.17) is 21.1 Å². The van der Waals surface area contributed by atoms with Crippen LogP contribution < -0.4 is 10.1 Å². The molecule has 0 radical (unpaired) electrons. The topological polar surface area (TPSA) is 84.9 Å². The lowest BCUT2D eigenvalue weighted by molar-refractivity contribution is -0.147. The number of halogens is 1. The van der Waals surface area contributed by atoms with Crippen LogP contribution in [0.1, 0.15) is 5.56 Å². The van der Waals surface area contributed by atoms with Gasteiger partial charge < -0.3 is 19.7 Å². The van der Waals surface area contributed by atoms with Gasteiger partial charge in [0.2, 0.25) is 0 Å². The third-order valence-electron chi connectivity index (χ3n) is 3.28. The predicted molar refractivity (Wildman–Crippen MR) is 91.8 cm³/mol. The second-order valence-corrected chi connectivity index (χ2v) is 6.50. The number of rotatable bonds is 6. The summed E-state index contributed by atoms with van der Waals surface area (Å²) >= 11 is 7.16. The SMILES string of the molecule is COc1cc(Cl)c(C)cc1NC(=O)COC(=O)CN1CCSC1=O. The fourth-order valence-electron chi connectivity index (χ4n) is 2.03. The number of hydrogen-bond acceptors (Lipinski definition) is 6. The van der Waals surface area contributed by atoms with Crippen LogP contribution in [-0.2, 0) is 14.3 Å². The van der Waals surface area contributed by atoms with Crippen molar-refractivity contribution in [2.75, 3.05) is 37.9 Å². The summed E-state index contributed by atoms with van der Waals surface area (Å²) in [5.41, 5.74) is 1.21. The third kappa shape index (κ3) is 4.78. The van der Waals surface area contributed by atoms with Crippen molar-refractivity contribution in [1.82, 2.24) is 4.90 Å². The summed E-state index contributed by atoms with van der Waals surface area (Å²) in [5.74, 6) is -0.0711. The highest BCUT2D eigenvalue weighted by molar-refractivity contribution is 8.13. The first-order valence-corrected chi connectivity index (χ1v) is 8.48. The molecular formula is C15H17ClN2O5S. The van der Waals surface area contributed by atoms with Gasteiger partial charge >= 0.3 is 5.97 Å². The molecule has 0 unspecified atom stereocenters. The van der Waals surface area contributed by atoms with Crippen molar-refractivity contribution in [2.24, 2.45) is 0 Å². The van der Waals surface area contributed by atoms with Gasteiger partial charge in [0.05, 0.1) is 12.8 Å². The second kappa shape index (κ2) is 8.25. The maximum atomic E-state index is 11.9. The number of ether oxygens (including phenoxy) is 2. The van der Waals surface area contributed by atoms with Gasteiger partial charge in [-0.1, -0.05) is 23.4 Å². The van der Waals surface area contributed by atoms with Gasteiger partial charge in [-0.05, 0) is 18.6 Å². The second-order valence-electron chi connectivity index (χ2n) is 5.05. The van der Waals surface area contributed by atoms with E-state index in [2.05, 4.69) is 5.32 Å². The van der Waals surface area contributed by atoms with Gasteiger partial charge in [-0.2, -0.15) is 0 Å². The number of methoxy groups -OCH3 is 1. The zero-order chi connectivity index (χ0) is 17.7. The Hall–Kier alpha value is -1.93. The fourth-order valence-corrected chi connectivity index (χ4v) is 3.01. The van der Waals surface area contributed by atoms with Gasteiger partial charge in [0.25, 0.3) is 11.1 Å². The number of anilines is 1.